The molecule has 0 saturated heterocycles. The predicted octanol–water partition coefficient (Wildman–Crippen LogP) is 6.95. The van der Waals surface area contributed by atoms with E-state index >= 15 is 0 Å². The molecule has 4 atom stereocenters. The Kier molecular flexibility index (Phi) is 8.21. The Balaban J connectivity index is 2.15. The molecule has 4 unspecified atom stereocenters. The van der Waals surface area contributed by atoms with Crippen molar-refractivity contribution in [2.75, 3.05) is 0 Å². The quantitative estimate of drug-likeness (QED) is 0.455. The molecule has 136 valence electrons. The molecule has 0 saturated carbocycles. The molecule has 2 aromatic rings. The highest BCUT2D eigenvalue weighted by molar-refractivity contribution is 5.21. The number of rotatable bonds is 10. The number of ether oxygens (including phenoxy) is 1. The van der Waals surface area contributed by atoms with Gasteiger partial charge in [-0.25, -0.2) is 0 Å². The minimum Gasteiger partial charge on any atom is -0.374 e. The molecule has 0 bridgehead atoms. The van der Waals surface area contributed by atoms with Gasteiger partial charge < -0.3 is 4.74 Å². The Bertz CT molecular complexity index is 524. The van der Waals surface area contributed by atoms with Gasteiger partial charge in [-0.2, -0.15) is 0 Å². The van der Waals surface area contributed by atoms with Crippen molar-refractivity contribution in [2.24, 2.45) is 0 Å². The molecule has 0 N–H and O–H groups in total. The van der Waals surface area contributed by atoms with Crippen molar-refractivity contribution in [3.05, 3.63) is 71.8 Å². The van der Waals surface area contributed by atoms with E-state index in [4.69, 9.17) is 4.74 Å². The smallest absolute Gasteiger partial charge is 0.0644 e. The van der Waals surface area contributed by atoms with Gasteiger partial charge >= 0.3 is 0 Å². The molecule has 0 aliphatic rings. The standard InChI is InChI=1S/C24H34O/c1-5-13-23(19(3)21-15-9-7-10-16-21)25-24(14-6-2)20(4)22-17-11-8-12-18-22/h7-12,15-20,23-24H,5-6,13-14H2,1-4H3. The first-order chi connectivity index (χ1) is 12.2. The third-order valence-electron chi connectivity index (χ3n) is 5.26. The predicted molar refractivity (Wildman–Crippen MR) is 108 cm³/mol. The average molecular weight is 339 g/mol. The van der Waals surface area contributed by atoms with Gasteiger partial charge in [-0.05, 0) is 24.0 Å². The molecular weight excluding hydrogens is 304 g/mol. The van der Waals surface area contributed by atoms with Crippen molar-refractivity contribution in [3.63, 3.8) is 0 Å². The third-order valence-corrected chi connectivity index (χ3v) is 5.26. The summed E-state index contributed by atoms with van der Waals surface area (Å²) in [7, 11) is 0. The zero-order valence-corrected chi connectivity index (χ0v) is 16.3. The van der Waals surface area contributed by atoms with Crippen LogP contribution in [-0.2, 0) is 4.74 Å². The average Bonchev–Trinajstić information content (AvgIpc) is 2.67. The molecule has 0 aliphatic carbocycles. The van der Waals surface area contributed by atoms with Gasteiger partial charge in [-0.3, -0.25) is 0 Å². The first-order valence-corrected chi connectivity index (χ1v) is 9.92. The first kappa shape index (κ1) is 19.7. The number of benzene rings is 2. The van der Waals surface area contributed by atoms with E-state index in [1.165, 1.54) is 11.1 Å². The van der Waals surface area contributed by atoms with E-state index in [1.54, 1.807) is 0 Å². The molecule has 0 fully saturated rings. The highest BCUT2D eigenvalue weighted by atomic mass is 16.5. The van der Waals surface area contributed by atoms with Crippen LogP contribution < -0.4 is 0 Å². The maximum Gasteiger partial charge on any atom is 0.0644 e. The summed E-state index contributed by atoms with van der Waals surface area (Å²) in [6, 6.07) is 21.6. The molecule has 1 heteroatoms. The second-order valence-corrected chi connectivity index (χ2v) is 7.19. The molecule has 0 spiro atoms. The van der Waals surface area contributed by atoms with Gasteiger partial charge in [0.15, 0.2) is 0 Å². The van der Waals surface area contributed by atoms with Crippen molar-refractivity contribution in [2.45, 2.75) is 77.4 Å². The van der Waals surface area contributed by atoms with Crippen molar-refractivity contribution in [1.29, 1.82) is 0 Å². The molecule has 0 aliphatic heterocycles. The minimum absolute atomic E-state index is 0.273. The Labute approximate surface area is 154 Å². The topological polar surface area (TPSA) is 9.23 Å². The Hall–Kier alpha value is -1.60. The molecule has 1 nitrogen and oxygen atoms in total. The van der Waals surface area contributed by atoms with Crippen LogP contribution in [0.25, 0.3) is 0 Å². The maximum atomic E-state index is 6.76. The van der Waals surface area contributed by atoms with Gasteiger partial charge in [0, 0.05) is 11.8 Å². The molecule has 2 rings (SSSR count). The molecule has 2 aromatic carbocycles. The number of hydrogen-bond acceptors (Lipinski definition) is 1. The van der Waals surface area contributed by atoms with Crippen molar-refractivity contribution in [3.8, 4) is 0 Å². The zero-order valence-electron chi connectivity index (χ0n) is 16.3. The van der Waals surface area contributed by atoms with Crippen LogP contribution in [0.5, 0.6) is 0 Å². The Morgan fingerprint density at radius 2 is 1.00 bits per heavy atom. The highest BCUT2D eigenvalue weighted by Crippen LogP contribution is 2.31. The fourth-order valence-electron chi connectivity index (χ4n) is 3.61. The maximum absolute atomic E-state index is 6.76. The van der Waals surface area contributed by atoms with Crippen molar-refractivity contribution < 1.29 is 4.74 Å². The largest absolute Gasteiger partial charge is 0.374 e. The van der Waals surface area contributed by atoms with E-state index in [0.29, 0.717) is 11.8 Å². The lowest BCUT2D eigenvalue weighted by Crippen LogP contribution is -2.30. The van der Waals surface area contributed by atoms with E-state index in [2.05, 4.69) is 88.4 Å². The van der Waals surface area contributed by atoms with Crippen LogP contribution in [0, 0.1) is 0 Å². The summed E-state index contributed by atoms with van der Waals surface area (Å²) in [6.45, 7) is 9.13. The lowest BCUT2D eigenvalue weighted by atomic mass is 9.89. The van der Waals surface area contributed by atoms with E-state index in [0.717, 1.165) is 25.7 Å². The lowest BCUT2D eigenvalue weighted by molar-refractivity contribution is -0.0426. The fourth-order valence-corrected chi connectivity index (χ4v) is 3.61. The summed E-state index contributed by atoms with van der Waals surface area (Å²) >= 11 is 0. The first-order valence-electron chi connectivity index (χ1n) is 9.92. The van der Waals surface area contributed by atoms with Gasteiger partial charge in [0.1, 0.15) is 0 Å². The van der Waals surface area contributed by atoms with E-state index in [1.807, 2.05) is 0 Å². The van der Waals surface area contributed by atoms with Crippen LogP contribution in [0.2, 0.25) is 0 Å². The summed E-state index contributed by atoms with van der Waals surface area (Å²) in [6.07, 6.45) is 5.07. The van der Waals surface area contributed by atoms with Crippen LogP contribution in [-0.4, -0.2) is 12.2 Å². The van der Waals surface area contributed by atoms with Crippen molar-refractivity contribution >= 4 is 0 Å². The van der Waals surface area contributed by atoms with Crippen LogP contribution in [0.3, 0.4) is 0 Å². The normalized spacial score (nSPS) is 16.2. The van der Waals surface area contributed by atoms with Crippen LogP contribution in [0.1, 0.15) is 76.3 Å². The summed E-state index contributed by atoms with van der Waals surface area (Å²) in [5, 5.41) is 0. The van der Waals surface area contributed by atoms with E-state index in [9.17, 15) is 0 Å². The van der Waals surface area contributed by atoms with Crippen molar-refractivity contribution in [1.82, 2.24) is 0 Å². The highest BCUT2D eigenvalue weighted by Gasteiger charge is 2.26. The van der Waals surface area contributed by atoms with Gasteiger partial charge in [-0.15, -0.1) is 0 Å². The summed E-state index contributed by atoms with van der Waals surface area (Å²) in [5.74, 6) is 0.840. The second kappa shape index (κ2) is 10.4. The van der Waals surface area contributed by atoms with Crippen LogP contribution >= 0.6 is 0 Å². The van der Waals surface area contributed by atoms with Gasteiger partial charge in [0.05, 0.1) is 12.2 Å². The third kappa shape index (κ3) is 5.71. The summed E-state index contributed by atoms with van der Waals surface area (Å²) in [4.78, 5) is 0. The molecule has 0 amide bonds. The summed E-state index contributed by atoms with van der Waals surface area (Å²) in [5.41, 5.74) is 2.76. The van der Waals surface area contributed by atoms with Crippen LogP contribution in [0.4, 0.5) is 0 Å². The molecule has 0 radical (unpaired) electrons. The van der Waals surface area contributed by atoms with E-state index in [-0.39, 0.29) is 12.2 Å². The lowest BCUT2D eigenvalue weighted by Gasteiger charge is -2.32. The number of hydrogen-bond donors (Lipinski definition) is 0. The Morgan fingerprint density at radius 1 is 0.640 bits per heavy atom. The summed E-state index contributed by atoms with van der Waals surface area (Å²) < 4.78 is 6.76. The zero-order chi connectivity index (χ0) is 18.1. The van der Waals surface area contributed by atoms with Crippen LogP contribution in [0.15, 0.2) is 60.7 Å². The van der Waals surface area contributed by atoms with E-state index < -0.39 is 0 Å². The molecule has 0 heterocycles. The molecule has 0 aromatic heterocycles. The minimum atomic E-state index is 0.273. The monoisotopic (exact) mass is 338 g/mol. The van der Waals surface area contributed by atoms with Gasteiger partial charge in [0.25, 0.3) is 0 Å². The Morgan fingerprint density at radius 3 is 1.32 bits per heavy atom. The second-order valence-electron chi connectivity index (χ2n) is 7.19. The fraction of sp³-hybridized carbons (Fsp3) is 0.500. The van der Waals surface area contributed by atoms with Gasteiger partial charge in [-0.1, -0.05) is 101 Å². The SMILES string of the molecule is CCCC(OC(CCC)C(C)c1ccccc1)C(C)c1ccccc1. The molecular formula is C24H34O. The van der Waals surface area contributed by atoms with Gasteiger partial charge in [0.2, 0.25) is 0 Å². The molecule has 25 heavy (non-hydrogen) atoms.